The van der Waals surface area contributed by atoms with E-state index in [1.54, 1.807) is 0 Å². The molecule has 1 aliphatic heterocycles. The van der Waals surface area contributed by atoms with Crippen LogP contribution in [0, 0.1) is 6.92 Å². The molecule has 1 heterocycles. The molecule has 0 aliphatic carbocycles. The second kappa shape index (κ2) is 8.13. The smallest absolute Gasteiger partial charge is 0.262 e. The van der Waals surface area contributed by atoms with Gasteiger partial charge in [-0.15, -0.1) is 0 Å². The first-order valence-electron chi connectivity index (χ1n) is 9.18. The van der Waals surface area contributed by atoms with Crippen LogP contribution in [-0.4, -0.2) is 25.1 Å². The summed E-state index contributed by atoms with van der Waals surface area (Å²) >= 11 is 0. The second-order valence-corrected chi connectivity index (χ2v) is 6.96. The molecule has 0 unspecified atom stereocenters. The molecule has 26 heavy (non-hydrogen) atoms. The van der Waals surface area contributed by atoms with Gasteiger partial charge in [0, 0.05) is 18.3 Å². The molecule has 5 nitrogen and oxygen atoms in total. The van der Waals surface area contributed by atoms with Crippen LogP contribution in [0.25, 0.3) is 0 Å². The lowest BCUT2D eigenvalue weighted by Crippen LogP contribution is -2.38. The highest BCUT2D eigenvalue weighted by Crippen LogP contribution is 2.33. The van der Waals surface area contributed by atoms with Gasteiger partial charge in [0.2, 0.25) is 0 Å². The second-order valence-electron chi connectivity index (χ2n) is 6.96. The van der Waals surface area contributed by atoms with E-state index < -0.39 is 0 Å². The van der Waals surface area contributed by atoms with Gasteiger partial charge in [0.05, 0.1) is 11.4 Å². The summed E-state index contributed by atoms with van der Waals surface area (Å²) in [5, 5.41) is 2.97. The summed E-state index contributed by atoms with van der Waals surface area (Å²) in [6.45, 7) is 5.20. The lowest BCUT2D eigenvalue weighted by atomic mass is 10.0. The average molecular weight is 353 g/mol. The van der Waals surface area contributed by atoms with E-state index in [4.69, 9.17) is 10.5 Å². The monoisotopic (exact) mass is 353 g/mol. The van der Waals surface area contributed by atoms with Crippen molar-refractivity contribution in [2.75, 3.05) is 29.1 Å². The molecular formula is C21H27N3O2. The van der Waals surface area contributed by atoms with E-state index in [0.29, 0.717) is 17.5 Å². The van der Waals surface area contributed by atoms with Gasteiger partial charge in [0.15, 0.2) is 6.61 Å². The minimum absolute atomic E-state index is 0.0349. The highest BCUT2D eigenvalue weighted by Gasteiger charge is 2.21. The Labute approximate surface area is 155 Å². The maximum Gasteiger partial charge on any atom is 0.262 e. The molecule has 0 bridgehead atoms. The first-order valence-corrected chi connectivity index (χ1v) is 9.18. The Hall–Kier alpha value is -2.69. The summed E-state index contributed by atoms with van der Waals surface area (Å²) in [6.07, 6.45) is 3.58. The van der Waals surface area contributed by atoms with Gasteiger partial charge in [-0.2, -0.15) is 0 Å². The number of hydrogen-bond donors (Lipinski definition) is 2. The first kappa shape index (κ1) is 18.1. The predicted molar refractivity (Wildman–Crippen MR) is 107 cm³/mol. The number of anilines is 3. The number of nitrogens with zero attached hydrogens (tertiary/aromatic N) is 1. The largest absolute Gasteiger partial charge is 0.484 e. The number of nitrogens with two attached hydrogens (primary N) is 1. The molecule has 1 aliphatic rings. The summed E-state index contributed by atoms with van der Waals surface area (Å²) in [5.74, 6) is 0.491. The number of piperidine rings is 1. The van der Waals surface area contributed by atoms with E-state index in [-0.39, 0.29) is 12.5 Å². The van der Waals surface area contributed by atoms with Gasteiger partial charge in [-0.25, -0.2) is 0 Å². The Balaban J connectivity index is 1.68. The molecule has 1 atom stereocenters. The van der Waals surface area contributed by atoms with E-state index in [1.165, 1.54) is 12.8 Å². The molecule has 1 amide bonds. The first-order chi connectivity index (χ1) is 12.5. The molecule has 3 rings (SSSR count). The predicted octanol–water partition coefficient (Wildman–Crippen LogP) is 3.97. The van der Waals surface area contributed by atoms with Crippen LogP contribution in [0.3, 0.4) is 0 Å². The lowest BCUT2D eigenvalue weighted by molar-refractivity contribution is -0.118. The fourth-order valence-electron chi connectivity index (χ4n) is 3.33. The van der Waals surface area contributed by atoms with Crippen molar-refractivity contribution in [1.82, 2.24) is 0 Å². The average Bonchev–Trinajstić information content (AvgIpc) is 2.62. The van der Waals surface area contributed by atoms with Gasteiger partial charge in [0.25, 0.3) is 5.91 Å². The van der Waals surface area contributed by atoms with E-state index >= 15 is 0 Å². The van der Waals surface area contributed by atoms with Crippen molar-refractivity contribution in [3.05, 3.63) is 48.0 Å². The Morgan fingerprint density at radius 2 is 2.00 bits per heavy atom. The fraction of sp³-hybridized carbons (Fsp3) is 0.381. The Morgan fingerprint density at radius 3 is 2.73 bits per heavy atom. The van der Waals surface area contributed by atoms with Crippen molar-refractivity contribution < 1.29 is 9.53 Å². The number of ether oxygens (including phenoxy) is 1. The maximum atomic E-state index is 12.4. The number of nitrogens with one attached hydrogen (secondary N) is 1. The summed E-state index contributed by atoms with van der Waals surface area (Å²) in [5.41, 5.74) is 9.50. The van der Waals surface area contributed by atoms with E-state index in [1.807, 2.05) is 49.4 Å². The lowest BCUT2D eigenvalue weighted by Gasteiger charge is -2.36. The zero-order valence-electron chi connectivity index (χ0n) is 15.5. The van der Waals surface area contributed by atoms with Crippen LogP contribution in [0.5, 0.6) is 5.75 Å². The van der Waals surface area contributed by atoms with Crippen LogP contribution in [0.4, 0.5) is 17.1 Å². The Morgan fingerprint density at radius 1 is 1.23 bits per heavy atom. The van der Waals surface area contributed by atoms with Crippen LogP contribution in [0.2, 0.25) is 0 Å². The van der Waals surface area contributed by atoms with Gasteiger partial charge in [0.1, 0.15) is 5.75 Å². The van der Waals surface area contributed by atoms with Crippen LogP contribution in [0.1, 0.15) is 31.7 Å². The maximum absolute atomic E-state index is 12.4. The number of carbonyl (C=O) groups excluding carboxylic acids is 1. The van der Waals surface area contributed by atoms with Crippen molar-refractivity contribution >= 4 is 23.0 Å². The van der Waals surface area contributed by atoms with Gasteiger partial charge in [-0.1, -0.05) is 17.7 Å². The van der Waals surface area contributed by atoms with Crippen molar-refractivity contribution in [1.29, 1.82) is 0 Å². The van der Waals surface area contributed by atoms with E-state index in [2.05, 4.69) is 17.1 Å². The third-order valence-electron chi connectivity index (χ3n) is 4.80. The molecule has 0 saturated carbocycles. The van der Waals surface area contributed by atoms with Gasteiger partial charge >= 0.3 is 0 Å². The minimum Gasteiger partial charge on any atom is -0.484 e. The summed E-state index contributed by atoms with van der Waals surface area (Å²) < 4.78 is 5.57. The summed E-state index contributed by atoms with van der Waals surface area (Å²) in [6, 6.07) is 13.8. The molecule has 2 aromatic rings. The number of benzene rings is 2. The number of carbonyl (C=O) groups is 1. The number of aryl methyl sites for hydroxylation is 1. The molecule has 0 spiro atoms. The summed E-state index contributed by atoms with van der Waals surface area (Å²) in [7, 11) is 0. The Kier molecular flexibility index (Phi) is 5.66. The fourth-order valence-corrected chi connectivity index (χ4v) is 3.33. The molecule has 5 heteroatoms. The van der Waals surface area contributed by atoms with Crippen molar-refractivity contribution in [3.8, 4) is 5.75 Å². The third kappa shape index (κ3) is 4.48. The number of rotatable bonds is 5. The van der Waals surface area contributed by atoms with Crippen molar-refractivity contribution in [2.24, 2.45) is 0 Å². The van der Waals surface area contributed by atoms with Gasteiger partial charge in [-0.3, -0.25) is 4.79 Å². The van der Waals surface area contributed by atoms with Crippen LogP contribution >= 0.6 is 0 Å². The normalized spacial score (nSPS) is 17.0. The zero-order valence-corrected chi connectivity index (χ0v) is 15.5. The van der Waals surface area contributed by atoms with Crippen LogP contribution < -0.4 is 20.7 Å². The molecule has 1 saturated heterocycles. The summed E-state index contributed by atoms with van der Waals surface area (Å²) in [4.78, 5) is 14.7. The van der Waals surface area contributed by atoms with E-state index in [9.17, 15) is 4.79 Å². The number of amides is 1. The van der Waals surface area contributed by atoms with Gasteiger partial charge in [-0.05, 0) is 63.4 Å². The Bertz CT molecular complexity index is 758. The standard InChI is InChI=1S/C21H27N3O2/c1-15-6-9-18(10-7-15)26-14-21(25)23-19-13-17(22)8-11-20(19)24-12-4-3-5-16(24)2/h6-11,13,16H,3-5,12,14,22H2,1-2H3,(H,23,25)/t16-/m0/s1. The molecule has 0 aromatic heterocycles. The molecular weight excluding hydrogens is 326 g/mol. The van der Waals surface area contributed by atoms with Crippen LogP contribution in [-0.2, 0) is 4.79 Å². The number of nitrogen functional groups attached to an aromatic ring is 1. The minimum atomic E-state index is -0.193. The quantitative estimate of drug-likeness (QED) is 0.798. The zero-order chi connectivity index (χ0) is 18.5. The van der Waals surface area contributed by atoms with Crippen molar-refractivity contribution in [2.45, 2.75) is 39.2 Å². The molecule has 2 aromatic carbocycles. The highest BCUT2D eigenvalue weighted by molar-refractivity contribution is 5.96. The topological polar surface area (TPSA) is 67.6 Å². The van der Waals surface area contributed by atoms with Gasteiger partial charge < -0.3 is 20.7 Å². The SMILES string of the molecule is Cc1ccc(OCC(=O)Nc2cc(N)ccc2N2CCCC[C@@H]2C)cc1. The third-order valence-corrected chi connectivity index (χ3v) is 4.80. The van der Waals surface area contributed by atoms with Crippen LogP contribution in [0.15, 0.2) is 42.5 Å². The molecule has 3 N–H and O–H groups in total. The highest BCUT2D eigenvalue weighted by atomic mass is 16.5. The van der Waals surface area contributed by atoms with E-state index in [0.717, 1.165) is 29.9 Å². The molecule has 138 valence electrons. The number of hydrogen-bond acceptors (Lipinski definition) is 4. The van der Waals surface area contributed by atoms with Crippen molar-refractivity contribution in [3.63, 3.8) is 0 Å². The molecule has 1 fully saturated rings. The molecule has 0 radical (unpaired) electrons.